The highest BCUT2D eigenvalue weighted by atomic mass is 16.3. The lowest BCUT2D eigenvalue weighted by atomic mass is 10.00. The van der Waals surface area contributed by atoms with Crippen molar-refractivity contribution in [3.8, 4) is 0 Å². The van der Waals surface area contributed by atoms with E-state index in [0.29, 0.717) is 31.2 Å². The molecule has 0 fully saturated rings. The molecular formula is C21H30N6O2. The van der Waals surface area contributed by atoms with Crippen LogP contribution >= 0.6 is 0 Å². The molecule has 1 aliphatic heterocycles. The number of carbonyl (C=O) groups excluding carboxylic acids is 1. The van der Waals surface area contributed by atoms with Gasteiger partial charge in [-0.15, -0.1) is 0 Å². The average Bonchev–Trinajstić information content (AvgIpc) is 3.17. The highest BCUT2D eigenvalue weighted by Crippen LogP contribution is 2.19. The van der Waals surface area contributed by atoms with Gasteiger partial charge in [-0.25, -0.2) is 4.99 Å². The Morgan fingerprint density at radius 1 is 1.31 bits per heavy atom. The van der Waals surface area contributed by atoms with Crippen molar-refractivity contribution >= 4 is 11.9 Å². The van der Waals surface area contributed by atoms with Crippen molar-refractivity contribution in [2.24, 2.45) is 12.0 Å². The first-order chi connectivity index (χ1) is 13.9. The summed E-state index contributed by atoms with van der Waals surface area (Å²) in [7, 11) is 1.81. The summed E-state index contributed by atoms with van der Waals surface area (Å²) in [5.74, 6) is 0.498. The average molecular weight is 399 g/mol. The molecule has 0 radical (unpaired) electrons. The SMILES string of the molecule is CCNC(=NCC(=O)N1CCc2ccccc2C1)NCC(C)(O)c1cnn(C)c1. The third-order valence-electron chi connectivity index (χ3n) is 5.13. The highest BCUT2D eigenvalue weighted by Gasteiger charge is 2.25. The van der Waals surface area contributed by atoms with Crippen molar-refractivity contribution in [2.75, 3.05) is 26.2 Å². The van der Waals surface area contributed by atoms with Gasteiger partial charge in [-0.05, 0) is 31.4 Å². The van der Waals surface area contributed by atoms with Gasteiger partial charge < -0.3 is 20.6 Å². The zero-order valence-electron chi connectivity index (χ0n) is 17.4. The number of amides is 1. The molecular weight excluding hydrogens is 368 g/mol. The molecule has 1 aliphatic rings. The second-order valence-electron chi connectivity index (χ2n) is 7.56. The Morgan fingerprint density at radius 3 is 2.76 bits per heavy atom. The topological polar surface area (TPSA) is 94.8 Å². The molecule has 3 N–H and O–H groups in total. The first-order valence-electron chi connectivity index (χ1n) is 9.97. The Bertz CT molecular complexity index is 874. The van der Waals surface area contributed by atoms with E-state index in [1.807, 2.05) is 31.0 Å². The lowest BCUT2D eigenvalue weighted by Gasteiger charge is -2.28. The maximum absolute atomic E-state index is 12.6. The Labute approximate surface area is 171 Å². The lowest BCUT2D eigenvalue weighted by Crippen LogP contribution is -2.45. The molecule has 3 rings (SSSR count). The normalized spacial score (nSPS) is 16.1. The molecule has 0 saturated heterocycles. The number of aryl methyl sites for hydroxylation is 1. The number of hydrogen-bond donors (Lipinski definition) is 3. The summed E-state index contributed by atoms with van der Waals surface area (Å²) < 4.78 is 1.65. The number of fused-ring (bicyclic) bond motifs is 1. The fourth-order valence-corrected chi connectivity index (χ4v) is 3.35. The van der Waals surface area contributed by atoms with Crippen LogP contribution in [-0.4, -0.2) is 57.8 Å². The molecule has 2 aromatic rings. The van der Waals surface area contributed by atoms with Gasteiger partial charge in [-0.2, -0.15) is 5.10 Å². The number of aromatic nitrogens is 2. The molecule has 0 bridgehead atoms. The molecule has 156 valence electrons. The van der Waals surface area contributed by atoms with E-state index < -0.39 is 5.60 Å². The Balaban J connectivity index is 1.58. The smallest absolute Gasteiger partial charge is 0.244 e. The van der Waals surface area contributed by atoms with Crippen LogP contribution in [0.3, 0.4) is 0 Å². The maximum Gasteiger partial charge on any atom is 0.244 e. The van der Waals surface area contributed by atoms with Crippen molar-refractivity contribution in [2.45, 2.75) is 32.4 Å². The third kappa shape index (κ3) is 5.35. The number of rotatable bonds is 6. The van der Waals surface area contributed by atoms with Gasteiger partial charge in [0.05, 0.1) is 12.7 Å². The quantitative estimate of drug-likeness (QED) is 0.494. The fraction of sp³-hybridized carbons (Fsp3) is 0.476. The second-order valence-corrected chi connectivity index (χ2v) is 7.56. The number of aliphatic imine (C=N–C) groups is 1. The van der Waals surface area contributed by atoms with E-state index in [0.717, 1.165) is 6.42 Å². The van der Waals surface area contributed by atoms with E-state index in [2.05, 4.69) is 32.9 Å². The summed E-state index contributed by atoms with van der Waals surface area (Å²) in [6.45, 7) is 5.99. The van der Waals surface area contributed by atoms with Crippen molar-refractivity contribution in [1.29, 1.82) is 0 Å². The van der Waals surface area contributed by atoms with Crippen LogP contribution in [0.4, 0.5) is 0 Å². The van der Waals surface area contributed by atoms with E-state index in [1.54, 1.807) is 24.0 Å². The van der Waals surface area contributed by atoms with Gasteiger partial charge >= 0.3 is 0 Å². The van der Waals surface area contributed by atoms with Gasteiger partial charge in [0, 0.05) is 38.4 Å². The summed E-state index contributed by atoms with van der Waals surface area (Å²) in [6.07, 6.45) is 4.30. The molecule has 0 aliphatic carbocycles. The summed E-state index contributed by atoms with van der Waals surface area (Å²) in [6, 6.07) is 8.24. The van der Waals surface area contributed by atoms with Gasteiger partial charge in [0.1, 0.15) is 12.1 Å². The number of benzene rings is 1. The van der Waals surface area contributed by atoms with E-state index in [-0.39, 0.29) is 19.0 Å². The van der Waals surface area contributed by atoms with Crippen molar-refractivity contribution in [3.63, 3.8) is 0 Å². The van der Waals surface area contributed by atoms with Crippen LogP contribution in [0.25, 0.3) is 0 Å². The Morgan fingerprint density at radius 2 is 2.07 bits per heavy atom. The number of guanidine groups is 1. The van der Waals surface area contributed by atoms with Crippen molar-refractivity contribution < 1.29 is 9.90 Å². The molecule has 1 atom stereocenters. The minimum atomic E-state index is -1.11. The van der Waals surface area contributed by atoms with Crippen LogP contribution in [0.5, 0.6) is 0 Å². The Kier molecular flexibility index (Phi) is 6.53. The van der Waals surface area contributed by atoms with Gasteiger partial charge in [0.2, 0.25) is 5.91 Å². The van der Waals surface area contributed by atoms with Crippen molar-refractivity contribution in [1.82, 2.24) is 25.3 Å². The molecule has 1 aromatic carbocycles. The molecule has 2 heterocycles. The molecule has 8 nitrogen and oxygen atoms in total. The first-order valence-corrected chi connectivity index (χ1v) is 9.97. The largest absolute Gasteiger partial charge is 0.383 e. The van der Waals surface area contributed by atoms with E-state index >= 15 is 0 Å². The zero-order chi connectivity index (χ0) is 20.9. The number of nitrogens with zero attached hydrogens (tertiary/aromatic N) is 4. The zero-order valence-corrected chi connectivity index (χ0v) is 17.4. The monoisotopic (exact) mass is 398 g/mol. The van der Waals surface area contributed by atoms with E-state index in [9.17, 15) is 9.90 Å². The summed E-state index contributed by atoms with van der Waals surface area (Å²) in [5, 5.41) is 21.1. The molecule has 1 amide bonds. The fourth-order valence-electron chi connectivity index (χ4n) is 3.35. The predicted octanol–water partition coefficient (Wildman–Crippen LogP) is 0.768. The maximum atomic E-state index is 12.6. The van der Waals surface area contributed by atoms with Crippen LogP contribution in [0, 0.1) is 0 Å². The van der Waals surface area contributed by atoms with Crippen LogP contribution in [-0.2, 0) is 30.4 Å². The van der Waals surface area contributed by atoms with Crippen molar-refractivity contribution in [3.05, 3.63) is 53.3 Å². The second kappa shape index (κ2) is 9.09. The van der Waals surface area contributed by atoms with E-state index in [4.69, 9.17) is 0 Å². The number of carbonyl (C=O) groups is 1. The standard InChI is InChI=1S/C21H30N6O2/c1-4-22-20(24-15-21(2,29)18-11-25-26(3)14-18)23-12-19(28)27-10-9-16-7-5-6-8-17(16)13-27/h5-8,11,14,29H,4,9-10,12-13,15H2,1-3H3,(H2,22,23,24). The molecule has 1 aromatic heterocycles. The predicted molar refractivity (Wildman–Crippen MR) is 112 cm³/mol. The molecule has 8 heteroatoms. The van der Waals surface area contributed by atoms with Gasteiger partial charge in [0.15, 0.2) is 5.96 Å². The summed E-state index contributed by atoms with van der Waals surface area (Å²) in [4.78, 5) is 18.9. The van der Waals surface area contributed by atoms with Crippen LogP contribution in [0.2, 0.25) is 0 Å². The molecule has 0 spiro atoms. The third-order valence-corrected chi connectivity index (χ3v) is 5.13. The first kappa shape index (κ1) is 20.9. The number of hydrogen-bond acceptors (Lipinski definition) is 4. The molecule has 29 heavy (non-hydrogen) atoms. The molecule has 1 unspecified atom stereocenters. The van der Waals surface area contributed by atoms with Gasteiger partial charge in [-0.3, -0.25) is 9.48 Å². The van der Waals surface area contributed by atoms with Crippen LogP contribution in [0.15, 0.2) is 41.7 Å². The van der Waals surface area contributed by atoms with Crippen LogP contribution in [0.1, 0.15) is 30.5 Å². The number of nitrogens with one attached hydrogen (secondary N) is 2. The summed E-state index contributed by atoms with van der Waals surface area (Å²) >= 11 is 0. The van der Waals surface area contributed by atoms with E-state index in [1.165, 1.54) is 11.1 Å². The van der Waals surface area contributed by atoms with Gasteiger partial charge in [0.25, 0.3) is 0 Å². The minimum Gasteiger partial charge on any atom is -0.383 e. The highest BCUT2D eigenvalue weighted by molar-refractivity contribution is 5.85. The van der Waals surface area contributed by atoms with Crippen LogP contribution < -0.4 is 10.6 Å². The number of aliphatic hydroxyl groups is 1. The summed E-state index contributed by atoms with van der Waals surface area (Å²) in [5.41, 5.74) is 2.12. The molecule has 0 saturated carbocycles. The lowest BCUT2D eigenvalue weighted by molar-refractivity contribution is -0.130. The van der Waals surface area contributed by atoms with Gasteiger partial charge in [-0.1, -0.05) is 24.3 Å². The minimum absolute atomic E-state index is 0.00396. The Hall–Kier alpha value is -2.87.